The van der Waals surface area contributed by atoms with Crippen molar-refractivity contribution in [1.82, 2.24) is 0 Å². The predicted octanol–water partition coefficient (Wildman–Crippen LogP) is 7.10. The minimum Gasteiger partial charge on any atom is -0.494 e. The molecule has 0 saturated heterocycles. The van der Waals surface area contributed by atoms with Gasteiger partial charge in [-0.25, -0.2) is 0 Å². The quantitative estimate of drug-likeness (QED) is 0.187. The van der Waals surface area contributed by atoms with Crippen LogP contribution in [0.3, 0.4) is 0 Å². The van der Waals surface area contributed by atoms with E-state index in [1.807, 2.05) is 25.1 Å². The number of nitriles is 1. The fourth-order valence-corrected chi connectivity index (χ4v) is 4.61. The third kappa shape index (κ3) is 6.59. The topological polar surface area (TPSA) is 62.1 Å². The molecule has 6 heteroatoms. The molecule has 0 aliphatic heterocycles. The summed E-state index contributed by atoms with van der Waals surface area (Å²) < 4.78 is 6.95. The fourth-order valence-electron chi connectivity index (χ4n) is 3.61. The number of hydrogen-bond donors (Lipinski definition) is 1. The van der Waals surface area contributed by atoms with Gasteiger partial charge in [0.25, 0.3) is 5.91 Å². The number of carbonyl (C=O) groups is 1. The van der Waals surface area contributed by atoms with E-state index in [4.69, 9.17) is 16.3 Å². The van der Waals surface area contributed by atoms with Gasteiger partial charge < -0.3 is 10.1 Å². The maximum atomic E-state index is 12.7. The number of para-hydroxylation sites is 1. The first-order chi connectivity index (χ1) is 15.8. The summed E-state index contributed by atoms with van der Waals surface area (Å²) in [6.45, 7) is 6.64. The van der Waals surface area contributed by atoms with E-state index in [9.17, 15) is 10.1 Å². The monoisotopic (exact) mass is 570 g/mol. The van der Waals surface area contributed by atoms with Crippen molar-refractivity contribution in [2.45, 2.75) is 27.2 Å². The molecule has 33 heavy (non-hydrogen) atoms. The molecule has 0 saturated carbocycles. The average molecular weight is 571 g/mol. The standard InChI is InChI=1S/C27H24ClIN2O2/c1-4-33-26-15-20(12-21(16-30)27(32)31-25-8-6-5-7-23(25)28)14-24(29)22(26)13-19-10-17(2)9-18(3)11-19/h5-12,14-15H,4,13H2,1-3H3,(H,31,32)/b21-12+. The number of anilines is 1. The summed E-state index contributed by atoms with van der Waals surface area (Å²) in [5, 5.41) is 12.7. The first-order valence-electron chi connectivity index (χ1n) is 10.5. The SMILES string of the molecule is CCOc1cc(/C=C(\C#N)C(=O)Nc2ccccc2Cl)cc(I)c1Cc1cc(C)cc(C)c1. The summed E-state index contributed by atoms with van der Waals surface area (Å²) in [5.41, 5.74) is 5.90. The van der Waals surface area contributed by atoms with E-state index >= 15 is 0 Å². The van der Waals surface area contributed by atoms with Crippen LogP contribution >= 0.6 is 34.2 Å². The third-order valence-corrected chi connectivity index (χ3v) is 6.23. The van der Waals surface area contributed by atoms with Gasteiger partial charge in [-0.2, -0.15) is 5.26 Å². The van der Waals surface area contributed by atoms with E-state index in [1.54, 1.807) is 30.3 Å². The molecule has 0 aromatic heterocycles. The normalized spacial score (nSPS) is 11.1. The summed E-state index contributed by atoms with van der Waals surface area (Å²) in [6.07, 6.45) is 2.30. The van der Waals surface area contributed by atoms with Crippen LogP contribution in [0.25, 0.3) is 6.08 Å². The Labute approximate surface area is 213 Å². The van der Waals surface area contributed by atoms with Gasteiger partial charge in [0.1, 0.15) is 17.4 Å². The number of nitrogens with zero attached hydrogens (tertiary/aromatic N) is 1. The van der Waals surface area contributed by atoms with Crippen molar-refractivity contribution in [3.05, 3.63) is 96.6 Å². The van der Waals surface area contributed by atoms with E-state index in [1.165, 1.54) is 16.7 Å². The number of rotatable bonds is 7. The van der Waals surface area contributed by atoms with Crippen LogP contribution in [-0.2, 0) is 11.2 Å². The van der Waals surface area contributed by atoms with Crippen molar-refractivity contribution >= 4 is 51.9 Å². The van der Waals surface area contributed by atoms with E-state index in [-0.39, 0.29) is 5.57 Å². The molecule has 4 nitrogen and oxygen atoms in total. The molecule has 1 N–H and O–H groups in total. The molecule has 1 amide bonds. The Morgan fingerprint density at radius 3 is 2.48 bits per heavy atom. The Kier molecular flexibility index (Phi) is 8.54. The number of benzene rings is 3. The van der Waals surface area contributed by atoms with Crippen molar-refractivity contribution in [3.8, 4) is 11.8 Å². The number of hydrogen-bond acceptors (Lipinski definition) is 3. The highest BCUT2D eigenvalue weighted by atomic mass is 127. The molecular weight excluding hydrogens is 547 g/mol. The molecule has 0 radical (unpaired) electrons. The number of amides is 1. The van der Waals surface area contributed by atoms with E-state index in [0.717, 1.165) is 26.9 Å². The van der Waals surface area contributed by atoms with Crippen LogP contribution < -0.4 is 10.1 Å². The van der Waals surface area contributed by atoms with E-state index < -0.39 is 5.91 Å². The molecule has 0 spiro atoms. The Bertz CT molecular complexity index is 1240. The van der Waals surface area contributed by atoms with Gasteiger partial charge >= 0.3 is 0 Å². The second-order valence-corrected chi connectivity index (χ2v) is 9.26. The molecule has 0 fully saturated rings. The number of halogens is 2. The zero-order chi connectivity index (χ0) is 24.0. The zero-order valence-electron chi connectivity index (χ0n) is 18.7. The smallest absolute Gasteiger partial charge is 0.266 e. The molecule has 0 aliphatic rings. The summed E-state index contributed by atoms with van der Waals surface area (Å²) in [6, 6.07) is 19.3. The van der Waals surface area contributed by atoms with Gasteiger partial charge in [0.05, 0.1) is 17.3 Å². The van der Waals surface area contributed by atoms with E-state index in [0.29, 0.717) is 17.3 Å². The second kappa shape index (κ2) is 11.4. The molecule has 0 atom stereocenters. The Morgan fingerprint density at radius 1 is 1.15 bits per heavy atom. The lowest BCUT2D eigenvalue weighted by atomic mass is 9.98. The van der Waals surface area contributed by atoms with Crippen LogP contribution in [0.1, 0.15) is 34.7 Å². The van der Waals surface area contributed by atoms with E-state index in [2.05, 4.69) is 60.0 Å². The van der Waals surface area contributed by atoms with Crippen LogP contribution in [0, 0.1) is 28.7 Å². The van der Waals surface area contributed by atoms with Crippen LogP contribution in [-0.4, -0.2) is 12.5 Å². The number of carbonyl (C=O) groups excluding carboxylic acids is 1. The average Bonchev–Trinajstić information content (AvgIpc) is 2.75. The summed E-state index contributed by atoms with van der Waals surface area (Å²) in [4.78, 5) is 12.7. The minimum absolute atomic E-state index is 0.0183. The van der Waals surface area contributed by atoms with Gasteiger partial charge in [-0.3, -0.25) is 4.79 Å². The maximum Gasteiger partial charge on any atom is 0.266 e. The Balaban J connectivity index is 1.94. The highest BCUT2D eigenvalue weighted by Crippen LogP contribution is 2.31. The summed E-state index contributed by atoms with van der Waals surface area (Å²) in [5.74, 6) is 0.233. The van der Waals surface area contributed by atoms with Gasteiger partial charge in [0, 0.05) is 15.6 Å². The van der Waals surface area contributed by atoms with Crippen molar-refractivity contribution in [2.24, 2.45) is 0 Å². The number of aryl methyl sites for hydroxylation is 2. The number of ether oxygens (including phenoxy) is 1. The van der Waals surface area contributed by atoms with Crippen LogP contribution in [0.15, 0.2) is 60.2 Å². The van der Waals surface area contributed by atoms with Crippen molar-refractivity contribution in [1.29, 1.82) is 5.26 Å². The summed E-state index contributed by atoms with van der Waals surface area (Å²) >= 11 is 8.41. The van der Waals surface area contributed by atoms with Crippen molar-refractivity contribution < 1.29 is 9.53 Å². The van der Waals surface area contributed by atoms with Gasteiger partial charge in [0.15, 0.2) is 0 Å². The van der Waals surface area contributed by atoms with Crippen LogP contribution in [0.5, 0.6) is 5.75 Å². The largest absolute Gasteiger partial charge is 0.494 e. The highest BCUT2D eigenvalue weighted by molar-refractivity contribution is 14.1. The molecule has 0 bridgehead atoms. The highest BCUT2D eigenvalue weighted by Gasteiger charge is 2.15. The second-order valence-electron chi connectivity index (χ2n) is 7.69. The molecule has 3 aromatic rings. The minimum atomic E-state index is -0.516. The Morgan fingerprint density at radius 2 is 1.85 bits per heavy atom. The van der Waals surface area contributed by atoms with Gasteiger partial charge in [-0.05, 0) is 84.8 Å². The molecule has 0 unspecified atom stereocenters. The van der Waals surface area contributed by atoms with Crippen molar-refractivity contribution in [3.63, 3.8) is 0 Å². The first kappa shape index (κ1) is 24.8. The van der Waals surface area contributed by atoms with Crippen LogP contribution in [0.4, 0.5) is 5.69 Å². The zero-order valence-corrected chi connectivity index (χ0v) is 21.6. The predicted molar refractivity (Wildman–Crippen MR) is 143 cm³/mol. The molecule has 0 heterocycles. The molecule has 3 rings (SSSR count). The lowest BCUT2D eigenvalue weighted by Gasteiger charge is -2.15. The third-order valence-electron chi connectivity index (χ3n) is 4.94. The molecule has 0 aliphatic carbocycles. The fraction of sp³-hybridized carbons (Fsp3) is 0.185. The molecular formula is C27H24ClIN2O2. The molecule has 168 valence electrons. The molecule has 3 aromatic carbocycles. The first-order valence-corrected chi connectivity index (χ1v) is 12.0. The van der Waals surface area contributed by atoms with Gasteiger partial charge in [-0.1, -0.05) is 53.1 Å². The summed E-state index contributed by atoms with van der Waals surface area (Å²) in [7, 11) is 0. The number of nitrogens with one attached hydrogen (secondary N) is 1. The lowest BCUT2D eigenvalue weighted by molar-refractivity contribution is -0.112. The Hall–Kier alpha value is -2.82. The van der Waals surface area contributed by atoms with Gasteiger partial charge in [-0.15, -0.1) is 0 Å². The van der Waals surface area contributed by atoms with Gasteiger partial charge in [0.2, 0.25) is 0 Å². The van der Waals surface area contributed by atoms with Crippen LogP contribution in [0.2, 0.25) is 5.02 Å². The maximum absolute atomic E-state index is 12.7. The van der Waals surface area contributed by atoms with Crippen molar-refractivity contribution in [2.75, 3.05) is 11.9 Å². The lowest BCUT2D eigenvalue weighted by Crippen LogP contribution is -2.13.